The van der Waals surface area contributed by atoms with E-state index in [1.54, 1.807) is 19.1 Å². The van der Waals surface area contributed by atoms with Crippen LogP contribution in [0.2, 0.25) is 0 Å². The Hall–Kier alpha value is -0.950. The monoisotopic (exact) mass is 376 g/mol. The number of nitrogens with two attached hydrogens (primary N) is 1. The summed E-state index contributed by atoms with van der Waals surface area (Å²) in [4.78, 5) is 0. The molecule has 7 heteroatoms. The molecule has 0 saturated heterocycles. The Kier molecular flexibility index (Phi) is 4.44. The van der Waals surface area contributed by atoms with Crippen LogP contribution in [-0.2, 0) is 9.84 Å². The van der Waals surface area contributed by atoms with Crippen LogP contribution in [0.15, 0.2) is 22.7 Å². The molecule has 4 nitrogen and oxygen atoms in total. The SMILES string of the molecule is CC(CS(=O)(=O)C1(C(=N)N)CCC1)c1cc(Br)ccc1F. The summed E-state index contributed by atoms with van der Waals surface area (Å²) >= 11 is 3.26. The van der Waals surface area contributed by atoms with Crippen molar-refractivity contribution in [1.29, 1.82) is 5.41 Å². The van der Waals surface area contributed by atoms with Crippen molar-refractivity contribution in [3.05, 3.63) is 34.1 Å². The molecule has 0 bridgehead atoms. The maximum atomic E-state index is 13.9. The van der Waals surface area contributed by atoms with Crippen molar-refractivity contribution in [2.75, 3.05) is 5.75 Å². The number of sulfone groups is 1. The topological polar surface area (TPSA) is 84.0 Å². The molecule has 0 radical (unpaired) electrons. The van der Waals surface area contributed by atoms with E-state index in [-0.39, 0.29) is 11.6 Å². The average molecular weight is 377 g/mol. The highest BCUT2D eigenvalue weighted by atomic mass is 79.9. The van der Waals surface area contributed by atoms with Gasteiger partial charge in [0.2, 0.25) is 0 Å². The first-order valence-electron chi connectivity index (χ1n) is 6.71. The normalized spacial score (nSPS) is 18.8. The predicted molar refractivity (Wildman–Crippen MR) is 84.8 cm³/mol. The molecule has 0 heterocycles. The van der Waals surface area contributed by atoms with Gasteiger partial charge in [-0.15, -0.1) is 0 Å². The lowest BCUT2D eigenvalue weighted by Crippen LogP contribution is -2.56. The zero-order chi connectivity index (χ0) is 15.8. The van der Waals surface area contributed by atoms with Gasteiger partial charge in [-0.05, 0) is 48.9 Å². The molecule has 1 fully saturated rings. The molecule has 1 unspecified atom stereocenters. The fourth-order valence-electron chi connectivity index (χ4n) is 2.72. The van der Waals surface area contributed by atoms with E-state index in [1.807, 2.05) is 0 Å². The molecule has 0 aliphatic heterocycles. The third-order valence-corrected chi connectivity index (χ3v) is 7.46. The molecule has 1 saturated carbocycles. The van der Waals surface area contributed by atoms with Crippen molar-refractivity contribution in [1.82, 2.24) is 0 Å². The van der Waals surface area contributed by atoms with E-state index in [0.717, 1.165) is 6.42 Å². The zero-order valence-corrected chi connectivity index (χ0v) is 14.1. The van der Waals surface area contributed by atoms with E-state index >= 15 is 0 Å². The van der Waals surface area contributed by atoms with E-state index in [9.17, 15) is 12.8 Å². The first-order chi connectivity index (χ1) is 9.69. The van der Waals surface area contributed by atoms with E-state index in [1.165, 1.54) is 6.07 Å². The van der Waals surface area contributed by atoms with Crippen LogP contribution in [0.4, 0.5) is 4.39 Å². The second-order valence-corrected chi connectivity index (χ2v) is 8.87. The minimum absolute atomic E-state index is 0.208. The number of benzene rings is 1. The van der Waals surface area contributed by atoms with Crippen LogP contribution in [0, 0.1) is 11.2 Å². The summed E-state index contributed by atoms with van der Waals surface area (Å²) in [6.45, 7) is 1.68. The Morgan fingerprint density at radius 3 is 2.62 bits per heavy atom. The van der Waals surface area contributed by atoms with Gasteiger partial charge in [0.25, 0.3) is 0 Å². The van der Waals surface area contributed by atoms with E-state index in [0.29, 0.717) is 22.9 Å². The Balaban J connectivity index is 2.28. The van der Waals surface area contributed by atoms with Crippen LogP contribution in [-0.4, -0.2) is 24.8 Å². The predicted octanol–water partition coefficient (Wildman–Crippen LogP) is 2.97. The molecule has 3 N–H and O–H groups in total. The van der Waals surface area contributed by atoms with Gasteiger partial charge in [-0.1, -0.05) is 22.9 Å². The molecule has 1 aromatic carbocycles. The van der Waals surface area contributed by atoms with Gasteiger partial charge >= 0.3 is 0 Å². The van der Waals surface area contributed by atoms with Gasteiger partial charge < -0.3 is 5.73 Å². The van der Waals surface area contributed by atoms with Crippen LogP contribution < -0.4 is 5.73 Å². The standard InChI is InChI=1S/C14H18BrFN2O2S/c1-9(11-7-10(15)3-4-12(11)16)8-21(19,20)14(13(17)18)5-2-6-14/h3-4,7,9H,2,5-6,8H2,1H3,(H3,17,18). The molecule has 1 aliphatic rings. The van der Waals surface area contributed by atoms with Crippen LogP contribution in [0.3, 0.4) is 0 Å². The Bertz CT molecular complexity index is 672. The number of amidine groups is 1. The molecule has 0 amide bonds. The highest BCUT2D eigenvalue weighted by molar-refractivity contribution is 9.10. The van der Waals surface area contributed by atoms with Crippen LogP contribution in [0.1, 0.15) is 37.7 Å². The van der Waals surface area contributed by atoms with Gasteiger partial charge in [-0.3, -0.25) is 5.41 Å². The summed E-state index contributed by atoms with van der Waals surface area (Å²) in [6, 6.07) is 4.48. The van der Waals surface area contributed by atoms with Crippen LogP contribution in [0.25, 0.3) is 0 Å². The first-order valence-corrected chi connectivity index (χ1v) is 9.16. The van der Waals surface area contributed by atoms with E-state index < -0.39 is 26.3 Å². The minimum atomic E-state index is -3.59. The molecule has 0 aromatic heterocycles. The summed E-state index contributed by atoms with van der Waals surface area (Å²) in [7, 11) is -3.59. The fraction of sp³-hybridized carbons (Fsp3) is 0.500. The highest BCUT2D eigenvalue weighted by Gasteiger charge is 2.51. The fourth-order valence-corrected chi connectivity index (χ4v) is 5.50. The van der Waals surface area contributed by atoms with Crippen molar-refractivity contribution in [3.63, 3.8) is 0 Å². The van der Waals surface area contributed by atoms with Gasteiger partial charge in [0.1, 0.15) is 16.4 Å². The number of nitrogens with one attached hydrogen (secondary N) is 1. The Morgan fingerprint density at radius 2 is 2.14 bits per heavy atom. The largest absolute Gasteiger partial charge is 0.386 e. The zero-order valence-electron chi connectivity index (χ0n) is 11.7. The number of hydrogen-bond donors (Lipinski definition) is 2. The molecule has 2 rings (SSSR count). The lowest BCUT2D eigenvalue weighted by molar-refractivity contribution is 0.414. The molecule has 1 aliphatic carbocycles. The van der Waals surface area contributed by atoms with Crippen LogP contribution in [0.5, 0.6) is 0 Å². The van der Waals surface area contributed by atoms with Gasteiger partial charge in [0, 0.05) is 4.47 Å². The van der Waals surface area contributed by atoms with Crippen molar-refractivity contribution >= 4 is 31.6 Å². The van der Waals surface area contributed by atoms with Crippen molar-refractivity contribution in [2.24, 2.45) is 5.73 Å². The Morgan fingerprint density at radius 1 is 1.52 bits per heavy atom. The summed E-state index contributed by atoms with van der Waals surface area (Å²) in [5.41, 5.74) is 5.86. The van der Waals surface area contributed by atoms with Crippen molar-refractivity contribution < 1.29 is 12.8 Å². The summed E-state index contributed by atoms with van der Waals surface area (Å²) in [5, 5.41) is 7.60. The molecule has 1 atom stereocenters. The molecule has 0 spiro atoms. The summed E-state index contributed by atoms with van der Waals surface area (Å²) in [5.74, 6) is -1.42. The highest BCUT2D eigenvalue weighted by Crippen LogP contribution is 2.41. The van der Waals surface area contributed by atoms with Crippen molar-refractivity contribution in [2.45, 2.75) is 36.9 Å². The van der Waals surface area contributed by atoms with E-state index in [4.69, 9.17) is 11.1 Å². The number of hydrogen-bond acceptors (Lipinski definition) is 3. The third kappa shape index (κ3) is 2.85. The molecule has 116 valence electrons. The van der Waals surface area contributed by atoms with Gasteiger partial charge in [-0.2, -0.15) is 0 Å². The van der Waals surface area contributed by atoms with Gasteiger partial charge in [0.05, 0.1) is 5.75 Å². The quantitative estimate of drug-likeness (QED) is 0.611. The first kappa shape index (κ1) is 16.4. The van der Waals surface area contributed by atoms with Gasteiger partial charge in [0.15, 0.2) is 9.84 Å². The summed E-state index contributed by atoms with van der Waals surface area (Å²) < 4.78 is 38.5. The molecular formula is C14H18BrFN2O2S. The Labute approximate surface area is 132 Å². The van der Waals surface area contributed by atoms with Crippen molar-refractivity contribution in [3.8, 4) is 0 Å². The minimum Gasteiger partial charge on any atom is -0.386 e. The molecular weight excluding hydrogens is 359 g/mol. The maximum Gasteiger partial charge on any atom is 0.163 e. The second-order valence-electron chi connectivity index (χ2n) is 5.61. The maximum absolute atomic E-state index is 13.9. The molecule has 1 aromatic rings. The number of halogens is 2. The summed E-state index contributed by atoms with van der Waals surface area (Å²) in [6.07, 6.45) is 1.52. The second kappa shape index (κ2) is 5.68. The van der Waals surface area contributed by atoms with E-state index in [2.05, 4.69) is 15.9 Å². The smallest absolute Gasteiger partial charge is 0.163 e. The number of rotatable bonds is 5. The average Bonchev–Trinajstić information content (AvgIpc) is 2.28. The molecule has 21 heavy (non-hydrogen) atoms. The lowest BCUT2D eigenvalue weighted by atomic mass is 9.83. The lowest BCUT2D eigenvalue weighted by Gasteiger charge is -2.40. The van der Waals surface area contributed by atoms with Crippen LogP contribution >= 0.6 is 15.9 Å². The van der Waals surface area contributed by atoms with Gasteiger partial charge in [-0.25, -0.2) is 12.8 Å². The third-order valence-electron chi connectivity index (χ3n) is 4.21.